The number of anilines is 2. The Kier molecular flexibility index (Phi) is 10.8. The second-order valence-corrected chi connectivity index (χ2v) is 10.8. The maximum atomic E-state index is 12.8. The number of nitrogen functional groups attached to an aromatic ring is 1. The molecule has 0 spiro atoms. The molecule has 42 heavy (non-hydrogen) atoms. The van der Waals surface area contributed by atoms with E-state index in [-0.39, 0.29) is 10.8 Å². The fraction of sp³-hybridized carbons (Fsp3) is 0.296. The van der Waals surface area contributed by atoms with Crippen LogP contribution in [-0.2, 0) is 19.6 Å². The lowest BCUT2D eigenvalue weighted by Crippen LogP contribution is -2.27. The summed E-state index contributed by atoms with van der Waals surface area (Å²) in [7, 11) is -2.29. The number of rotatable bonds is 6. The molecule has 2 aromatic carbocycles. The zero-order chi connectivity index (χ0) is 30.9. The van der Waals surface area contributed by atoms with E-state index in [0.717, 1.165) is 51.0 Å². The summed E-state index contributed by atoms with van der Waals surface area (Å²) >= 11 is 0. The number of carboxylic acids is 2. The zero-order valence-corrected chi connectivity index (χ0v) is 24.1. The summed E-state index contributed by atoms with van der Waals surface area (Å²) in [6, 6.07) is 13.3. The predicted octanol–water partition coefficient (Wildman–Crippen LogP) is 2.86. The molecular formula is C27H33N7O7S. The minimum atomic E-state index is -3.77. The topological polar surface area (TPSA) is 212 Å². The van der Waals surface area contributed by atoms with Gasteiger partial charge in [0.05, 0.1) is 29.1 Å². The molecule has 0 saturated carbocycles. The van der Waals surface area contributed by atoms with E-state index in [4.69, 9.17) is 35.4 Å². The molecule has 0 aliphatic carbocycles. The lowest BCUT2D eigenvalue weighted by Gasteiger charge is -2.20. The summed E-state index contributed by atoms with van der Waals surface area (Å²) in [5.74, 6) is -0.733. The third-order valence-corrected chi connectivity index (χ3v) is 7.35. The highest BCUT2D eigenvalue weighted by molar-refractivity contribution is 7.92. The molecule has 0 amide bonds. The molecular weight excluding hydrogens is 566 g/mol. The van der Waals surface area contributed by atoms with Crippen molar-refractivity contribution in [1.29, 1.82) is 0 Å². The Morgan fingerprint density at radius 1 is 1.05 bits per heavy atom. The van der Waals surface area contributed by atoms with Gasteiger partial charge < -0.3 is 26.0 Å². The summed E-state index contributed by atoms with van der Waals surface area (Å²) < 4.78 is 35.4. The number of aromatic nitrogens is 4. The lowest BCUT2D eigenvalue weighted by atomic mass is 9.94. The van der Waals surface area contributed by atoms with E-state index in [1.54, 1.807) is 41.1 Å². The molecule has 0 unspecified atom stereocenters. The van der Waals surface area contributed by atoms with Crippen LogP contribution in [0.4, 0.5) is 11.5 Å². The molecule has 15 heteroatoms. The molecule has 6 N–H and O–H groups in total. The quantitative estimate of drug-likeness (QED) is 0.216. The molecule has 0 atom stereocenters. The number of nitrogens with one attached hydrogen (secondary N) is 2. The number of hydrogen-bond acceptors (Lipinski definition) is 10. The molecule has 0 radical (unpaired) electrons. The monoisotopic (exact) mass is 599 g/mol. The second kappa shape index (κ2) is 14.2. The van der Waals surface area contributed by atoms with Crippen LogP contribution in [0.3, 0.4) is 0 Å². The van der Waals surface area contributed by atoms with Crippen molar-refractivity contribution in [1.82, 2.24) is 25.1 Å². The molecule has 14 nitrogen and oxygen atoms in total. The van der Waals surface area contributed by atoms with Crippen molar-refractivity contribution in [2.75, 3.05) is 30.7 Å². The van der Waals surface area contributed by atoms with Crippen LogP contribution in [-0.4, -0.2) is 70.5 Å². The van der Waals surface area contributed by atoms with Gasteiger partial charge in [0.2, 0.25) is 0 Å². The fourth-order valence-corrected chi connectivity index (χ4v) is 5.34. The van der Waals surface area contributed by atoms with Crippen molar-refractivity contribution in [2.45, 2.75) is 37.5 Å². The van der Waals surface area contributed by atoms with Gasteiger partial charge in [-0.05, 0) is 50.2 Å². The number of benzene rings is 2. The first-order valence-corrected chi connectivity index (χ1v) is 14.3. The first-order chi connectivity index (χ1) is 19.9. The van der Waals surface area contributed by atoms with Crippen molar-refractivity contribution in [3.63, 3.8) is 0 Å². The molecule has 0 bridgehead atoms. The number of carboxylic acid groups (broad SMARTS) is 2. The molecule has 1 aliphatic rings. The first-order valence-electron chi connectivity index (χ1n) is 12.8. The van der Waals surface area contributed by atoms with Gasteiger partial charge in [-0.1, -0.05) is 18.2 Å². The van der Waals surface area contributed by atoms with Crippen molar-refractivity contribution < 1.29 is 33.0 Å². The van der Waals surface area contributed by atoms with Crippen molar-refractivity contribution in [3.8, 4) is 11.4 Å². The van der Waals surface area contributed by atoms with Crippen LogP contribution in [0.2, 0.25) is 0 Å². The van der Waals surface area contributed by atoms with Gasteiger partial charge in [-0.3, -0.25) is 14.3 Å². The third-order valence-electron chi connectivity index (χ3n) is 5.97. The van der Waals surface area contributed by atoms with Gasteiger partial charge in [0.1, 0.15) is 23.1 Å². The maximum Gasteiger partial charge on any atom is 0.300 e. The van der Waals surface area contributed by atoms with Crippen molar-refractivity contribution >= 4 is 44.5 Å². The average Bonchev–Trinajstić information content (AvgIpc) is 3.34. The Bertz CT molecular complexity index is 1620. The molecule has 2 aromatic heterocycles. The Morgan fingerprint density at radius 2 is 1.67 bits per heavy atom. The summed E-state index contributed by atoms with van der Waals surface area (Å²) in [5.41, 5.74) is 9.45. The minimum Gasteiger partial charge on any atom is -0.494 e. The van der Waals surface area contributed by atoms with Crippen LogP contribution in [0.25, 0.3) is 16.7 Å². The van der Waals surface area contributed by atoms with Gasteiger partial charge in [-0.15, -0.1) is 0 Å². The number of fused-ring (bicyclic) bond motifs is 1. The van der Waals surface area contributed by atoms with Gasteiger partial charge in [0.25, 0.3) is 22.0 Å². The van der Waals surface area contributed by atoms with E-state index in [9.17, 15) is 8.42 Å². The predicted molar refractivity (Wildman–Crippen MR) is 156 cm³/mol. The van der Waals surface area contributed by atoms with Gasteiger partial charge in [-0.25, -0.2) is 23.1 Å². The average molecular weight is 600 g/mol. The third kappa shape index (κ3) is 8.14. The highest BCUT2D eigenvalue weighted by atomic mass is 32.2. The van der Waals surface area contributed by atoms with Crippen molar-refractivity contribution in [2.24, 2.45) is 0 Å². The Hall–Kier alpha value is -4.76. The molecule has 4 aromatic rings. The summed E-state index contributed by atoms with van der Waals surface area (Å²) in [6.45, 7) is 4.01. The Balaban J connectivity index is 0.000000540. The van der Waals surface area contributed by atoms with Crippen LogP contribution in [0.1, 0.15) is 38.3 Å². The van der Waals surface area contributed by atoms with Crippen LogP contribution in [0.15, 0.2) is 59.8 Å². The van der Waals surface area contributed by atoms with Crippen molar-refractivity contribution in [3.05, 3.63) is 60.6 Å². The highest BCUT2D eigenvalue weighted by Crippen LogP contribution is 2.35. The molecule has 5 rings (SSSR count). The standard InChI is InChI=1S/C23H25N7O3S.2C2H4O2/c1-33-19-13-16(7-8-18(19)29-34(31,32)17-5-3-2-4-6-17)30-22-21(26-14-27-23(22)24)20(28-30)15-9-11-25-12-10-15;2*1-2(3)4/h2-8,13-15,25,29H,9-12H2,1H3,(H2,24,26,27);2*1H3,(H,3,4). The molecule has 1 fully saturated rings. The molecule has 224 valence electrons. The second-order valence-electron chi connectivity index (χ2n) is 9.12. The molecule has 3 heterocycles. The van der Waals surface area contributed by atoms with Gasteiger partial charge in [0.15, 0.2) is 5.82 Å². The number of nitrogens with zero attached hydrogens (tertiary/aromatic N) is 4. The molecule has 1 saturated heterocycles. The Labute approximate surface area is 242 Å². The van der Waals surface area contributed by atoms with E-state index in [1.165, 1.54) is 25.6 Å². The Morgan fingerprint density at radius 3 is 2.26 bits per heavy atom. The number of aliphatic carboxylic acids is 2. The maximum absolute atomic E-state index is 12.8. The lowest BCUT2D eigenvalue weighted by molar-refractivity contribution is -0.135. The number of carbonyl (C=O) groups is 2. The number of ether oxygens (including phenoxy) is 1. The summed E-state index contributed by atoms with van der Waals surface area (Å²) in [6.07, 6.45) is 3.37. The van der Waals surface area contributed by atoms with Crippen LogP contribution >= 0.6 is 0 Å². The SMILES string of the molecule is CC(=O)O.CC(=O)O.COc1cc(-n2nc(C3CCNCC3)c3ncnc(N)c32)ccc1NS(=O)(=O)c1ccccc1. The fourth-order valence-electron chi connectivity index (χ4n) is 4.25. The molecule has 1 aliphatic heterocycles. The number of nitrogens with two attached hydrogens (primary N) is 1. The largest absolute Gasteiger partial charge is 0.494 e. The van der Waals surface area contributed by atoms with Gasteiger partial charge in [-0.2, -0.15) is 5.10 Å². The van der Waals surface area contributed by atoms with Gasteiger partial charge >= 0.3 is 0 Å². The van der Waals surface area contributed by atoms with Gasteiger partial charge in [0, 0.05) is 25.8 Å². The summed E-state index contributed by atoms with van der Waals surface area (Å²) in [4.78, 5) is 26.8. The van der Waals surface area contributed by atoms with E-state index in [1.807, 2.05) is 0 Å². The van der Waals surface area contributed by atoms with E-state index in [2.05, 4.69) is 20.0 Å². The number of methoxy groups -OCH3 is 1. The minimum absolute atomic E-state index is 0.163. The zero-order valence-electron chi connectivity index (χ0n) is 23.3. The van der Waals surface area contributed by atoms with E-state index in [0.29, 0.717) is 28.5 Å². The first kappa shape index (κ1) is 31.8. The highest BCUT2D eigenvalue weighted by Gasteiger charge is 2.25. The van der Waals surface area contributed by atoms with Crippen LogP contribution < -0.4 is 20.5 Å². The normalized spacial score (nSPS) is 13.2. The number of sulfonamides is 1. The smallest absolute Gasteiger partial charge is 0.300 e. The summed E-state index contributed by atoms with van der Waals surface area (Å²) in [5, 5.41) is 23.1. The number of piperidine rings is 1. The van der Waals surface area contributed by atoms with E-state index >= 15 is 0 Å². The number of hydrogen-bond donors (Lipinski definition) is 5. The van der Waals surface area contributed by atoms with Crippen LogP contribution in [0.5, 0.6) is 5.75 Å². The van der Waals surface area contributed by atoms with E-state index < -0.39 is 22.0 Å². The van der Waals surface area contributed by atoms with Crippen LogP contribution in [0, 0.1) is 0 Å².